The molecule has 2 saturated heterocycles. The van der Waals surface area contributed by atoms with Crippen LogP contribution >= 0.6 is 0 Å². The monoisotopic (exact) mass is 479 g/mol. The van der Waals surface area contributed by atoms with Crippen LogP contribution in [0.4, 0.5) is 5.69 Å². The average molecular weight is 480 g/mol. The Bertz CT molecular complexity index is 1010. The molecule has 2 atom stereocenters. The van der Waals surface area contributed by atoms with Crippen molar-refractivity contribution in [2.75, 3.05) is 45.3 Å². The normalized spacial score (nSPS) is 24.0. The fourth-order valence-electron chi connectivity index (χ4n) is 4.76. The molecule has 2 unspecified atom stereocenters. The van der Waals surface area contributed by atoms with Gasteiger partial charge in [-0.1, -0.05) is 12.8 Å². The minimum absolute atomic E-state index is 0.00455. The summed E-state index contributed by atoms with van der Waals surface area (Å²) in [4.78, 5) is 39.1. The molecule has 0 bridgehead atoms. The second kappa shape index (κ2) is 9.78. The molecule has 0 radical (unpaired) electrons. The average Bonchev–Trinajstić information content (AvgIpc) is 3.08. The van der Waals surface area contributed by atoms with Crippen molar-refractivity contribution in [2.24, 2.45) is 11.8 Å². The second-order valence-corrected chi connectivity index (χ2v) is 10.4. The maximum atomic E-state index is 13.0. The Kier molecular flexibility index (Phi) is 7.01. The molecule has 2 aliphatic heterocycles. The number of hydrogen-bond donors (Lipinski definition) is 1. The quantitative estimate of drug-likeness (QED) is 0.584. The number of rotatable bonds is 7. The number of anilines is 1. The zero-order valence-corrected chi connectivity index (χ0v) is 19.4. The molecule has 2 heterocycles. The molecule has 1 aromatic carbocycles. The number of methoxy groups -OCH3 is 1. The maximum Gasteiger partial charge on any atom is 0.243 e. The number of sulfonamides is 1. The molecule has 1 N–H and O–H groups in total. The highest BCUT2D eigenvalue weighted by molar-refractivity contribution is 7.89. The number of nitrogens with one attached hydrogen (secondary N) is 1. The first-order valence-corrected chi connectivity index (χ1v) is 12.7. The maximum absolute atomic E-state index is 13.0. The minimum Gasteiger partial charge on any atom is -0.495 e. The smallest absolute Gasteiger partial charge is 0.243 e. The largest absolute Gasteiger partial charge is 0.495 e. The van der Waals surface area contributed by atoms with Gasteiger partial charge in [0.2, 0.25) is 27.7 Å². The number of hydrogen-bond acceptors (Lipinski definition) is 7. The molecule has 1 aliphatic carbocycles. The predicted molar refractivity (Wildman–Crippen MR) is 118 cm³/mol. The minimum atomic E-state index is -3.75. The molecular formula is C22H29N3O7S. The molecule has 3 aliphatic rings. The summed E-state index contributed by atoms with van der Waals surface area (Å²) in [6, 6.07) is 4.28. The summed E-state index contributed by atoms with van der Waals surface area (Å²) in [6.07, 6.45) is 3.25. The van der Waals surface area contributed by atoms with E-state index in [-0.39, 0.29) is 60.3 Å². The Hall–Kier alpha value is -2.50. The van der Waals surface area contributed by atoms with E-state index in [2.05, 4.69) is 5.32 Å². The van der Waals surface area contributed by atoms with Crippen LogP contribution < -0.4 is 10.1 Å². The van der Waals surface area contributed by atoms with Gasteiger partial charge in [0.25, 0.3) is 0 Å². The standard InChI is InChI=1S/C22H29N3O7S/c1-31-19-7-6-15(33(29,30)24-10-12-32-13-11-24)14-18(19)23-20(26)8-9-25-21(27)16-4-2-3-5-17(16)22(25)28/h6-7,14,16-17H,2-5,8-13H2,1H3,(H,23,26). The molecular weight excluding hydrogens is 450 g/mol. The third-order valence-corrected chi connectivity index (χ3v) is 8.44. The van der Waals surface area contributed by atoms with Crippen molar-refractivity contribution in [2.45, 2.75) is 37.0 Å². The van der Waals surface area contributed by atoms with E-state index in [0.717, 1.165) is 25.7 Å². The Labute approximate surface area is 193 Å². The highest BCUT2D eigenvalue weighted by Gasteiger charge is 2.47. The Morgan fingerprint density at radius 1 is 1.12 bits per heavy atom. The van der Waals surface area contributed by atoms with Crippen LogP contribution in [0.3, 0.4) is 0 Å². The first-order valence-electron chi connectivity index (χ1n) is 11.2. The van der Waals surface area contributed by atoms with Crippen molar-refractivity contribution in [1.82, 2.24) is 9.21 Å². The summed E-state index contributed by atoms with van der Waals surface area (Å²) in [5.74, 6) is -1.01. The number of likely N-dealkylation sites (tertiary alicyclic amines) is 1. The summed E-state index contributed by atoms with van der Waals surface area (Å²) < 4.78 is 37.7. The van der Waals surface area contributed by atoms with E-state index in [1.165, 1.54) is 34.5 Å². The van der Waals surface area contributed by atoms with Crippen LogP contribution in [0, 0.1) is 11.8 Å². The van der Waals surface area contributed by atoms with E-state index in [9.17, 15) is 22.8 Å². The lowest BCUT2D eigenvalue weighted by molar-refractivity contribution is -0.140. The van der Waals surface area contributed by atoms with Gasteiger partial charge in [-0.05, 0) is 31.0 Å². The van der Waals surface area contributed by atoms with Crippen LogP contribution in [-0.4, -0.2) is 75.3 Å². The van der Waals surface area contributed by atoms with Crippen molar-refractivity contribution < 1.29 is 32.3 Å². The number of carbonyl (C=O) groups excluding carboxylic acids is 3. The Morgan fingerprint density at radius 2 is 1.76 bits per heavy atom. The van der Waals surface area contributed by atoms with Gasteiger partial charge in [0.15, 0.2) is 0 Å². The second-order valence-electron chi connectivity index (χ2n) is 8.50. The van der Waals surface area contributed by atoms with Gasteiger partial charge >= 0.3 is 0 Å². The highest BCUT2D eigenvalue weighted by atomic mass is 32.2. The first kappa shape index (κ1) is 23.7. The molecule has 180 valence electrons. The molecule has 3 fully saturated rings. The molecule has 10 nitrogen and oxygen atoms in total. The molecule has 0 aromatic heterocycles. The van der Waals surface area contributed by atoms with Crippen LogP contribution in [0.2, 0.25) is 0 Å². The van der Waals surface area contributed by atoms with E-state index in [4.69, 9.17) is 9.47 Å². The lowest BCUT2D eigenvalue weighted by atomic mass is 9.81. The van der Waals surface area contributed by atoms with Crippen molar-refractivity contribution in [3.8, 4) is 5.75 Å². The number of carbonyl (C=O) groups is 3. The van der Waals surface area contributed by atoms with Crippen molar-refractivity contribution in [3.63, 3.8) is 0 Å². The SMILES string of the molecule is COc1ccc(S(=O)(=O)N2CCOCC2)cc1NC(=O)CCN1C(=O)C2CCCCC2C1=O. The number of ether oxygens (including phenoxy) is 2. The molecule has 11 heteroatoms. The van der Waals surface area contributed by atoms with Crippen LogP contribution in [0.5, 0.6) is 5.75 Å². The van der Waals surface area contributed by atoms with E-state index in [1.54, 1.807) is 0 Å². The van der Waals surface area contributed by atoms with Gasteiger partial charge in [-0.25, -0.2) is 8.42 Å². The van der Waals surface area contributed by atoms with Crippen LogP contribution in [0.1, 0.15) is 32.1 Å². The first-order chi connectivity index (χ1) is 15.8. The Balaban J connectivity index is 1.43. The third kappa shape index (κ3) is 4.75. The zero-order chi connectivity index (χ0) is 23.6. The van der Waals surface area contributed by atoms with E-state index < -0.39 is 15.9 Å². The molecule has 1 aromatic rings. The van der Waals surface area contributed by atoms with Gasteiger partial charge in [-0.15, -0.1) is 0 Å². The molecule has 0 spiro atoms. The summed E-state index contributed by atoms with van der Waals surface area (Å²) in [5.41, 5.74) is 0.213. The van der Waals surface area contributed by atoms with Gasteiger partial charge in [-0.2, -0.15) is 4.31 Å². The summed E-state index contributed by atoms with van der Waals surface area (Å²) in [7, 11) is -2.33. The molecule has 4 rings (SSSR count). The summed E-state index contributed by atoms with van der Waals surface area (Å²) in [5, 5.41) is 2.67. The summed E-state index contributed by atoms with van der Waals surface area (Å²) >= 11 is 0. The van der Waals surface area contributed by atoms with Gasteiger partial charge in [0, 0.05) is 26.1 Å². The van der Waals surface area contributed by atoms with Gasteiger partial charge in [-0.3, -0.25) is 19.3 Å². The topological polar surface area (TPSA) is 122 Å². The molecule has 1 saturated carbocycles. The van der Waals surface area contributed by atoms with Gasteiger partial charge in [0.05, 0.1) is 42.7 Å². The van der Waals surface area contributed by atoms with Crippen molar-refractivity contribution >= 4 is 33.4 Å². The number of morpholine rings is 1. The van der Waals surface area contributed by atoms with Crippen molar-refractivity contribution in [3.05, 3.63) is 18.2 Å². The van der Waals surface area contributed by atoms with E-state index >= 15 is 0 Å². The van der Waals surface area contributed by atoms with Crippen LogP contribution in [-0.2, 0) is 29.1 Å². The van der Waals surface area contributed by atoms with Crippen molar-refractivity contribution in [1.29, 1.82) is 0 Å². The number of nitrogens with zero attached hydrogens (tertiary/aromatic N) is 2. The zero-order valence-electron chi connectivity index (χ0n) is 18.6. The predicted octanol–water partition coefficient (Wildman–Crippen LogP) is 1.22. The number of imide groups is 1. The van der Waals surface area contributed by atoms with E-state index in [1.807, 2.05) is 0 Å². The lowest BCUT2D eigenvalue weighted by Crippen LogP contribution is -2.40. The van der Waals surface area contributed by atoms with Gasteiger partial charge < -0.3 is 14.8 Å². The van der Waals surface area contributed by atoms with E-state index in [0.29, 0.717) is 19.0 Å². The highest BCUT2D eigenvalue weighted by Crippen LogP contribution is 2.38. The van der Waals surface area contributed by atoms with Gasteiger partial charge in [0.1, 0.15) is 5.75 Å². The van der Waals surface area contributed by atoms with Crippen LogP contribution in [0.15, 0.2) is 23.1 Å². The number of benzene rings is 1. The number of fused-ring (bicyclic) bond motifs is 1. The fourth-order valence-corrected chi connectivity index (χ4v) is 6.19. The summed E-state index contributed by atoms with van der Waals surface area (Å²) in [6.45, 7) is 1.18. The molecule has 3 amide bonds. The Morgan fingerprint density at radius 3 is 2.36 bits per heavy atom. The molecule has 33 heavy (non-hydrogen) atoms. The lowest BCUT2D eigenvalue weighted by Gasteiger charge is -2.26. The fraction of sp³-hybridized carbons (Fsp3) is 0.591. The number of amides is 3. The van der Waals surface area contributed by atoms with Crippen LogP contribution in [0.25, 0.3) is 0 Å². The third-order valence-electron chi connectivity index (χ3n) is 6.55.